The van der Waals surface area contributed by atoms with Gasteiger partial charge >= 0.3 is 6.18 Å². The van der Waals surface area contributed by atoms with Crippen molar-refractivity contribution in [3.05, 3.63) is 99.6 Å². The number of ether oxygens (including phenoxy) is 1. The van der Waals surface area contributed by atoms with E-state index in [2.05, 4.69) is 19.9 Å². The summed E-state index contributed by atoms with van der Waals surface area (Å²) < 4.78 is 74.8. The topological polar surface area (TPSA) is 80.8 Å². The molecule has 4 heterocycles. The van der Waals surface area contributed by atoms with Crippen LogP contribution in [0.1, 0.15) is 16.7 Å². The molecule has 6 nitrogen and oxygen atoms in total. The molecule has 4 aromatic heterocycles. The molecule has 11 heteroatoms. The number of aromatic amines is 1. The number of nitrogens with zero attached hydrogens (tertiary/aromatic N) is 3. The van der Waals surface area contributed by atoms with Crippen LogP contribution in [0.3, 0.4) is 0 Å². The van der Waals surface area contributed by atoms with Crippen LogP contribution in [-0.4, -0.2) is 19.9 Å². The van der Waals surface area contributed by atoms with Gasteiger partial charge in [0.15, 0.2) is 17.1 Å². The van der Waals surface area contributed by atoms with Crippen LogP contribution in [0.25, 0.3) is 33.5 Å². The second-order valence-electron chi connectivity index (χ2n) is 8.41. The highest BCUT2D eigenvalue weighted by Crippen LogP contribution is 2.41. The summed E-state index contributed by atoms with van der Waals surface area (Å²) in [7, 11) is 0. The van der Waals surface area contributed by atoms with E-state index in [9.17, 15) is 26.7 Å². The van der Waals surface area contributed by atoms with Crippen LogP contribution in [0, 0.1) is 25.5 Å². The molecule has 5 rings (SSSR count). The monoisotopic (exact) mass is 524 g/mol. The minimum atomic E-state index is -4.75. The van der Waals surface area contributed by atoms with Gasteiger partial charge in [-0.15, -0.1) is 0 Å². The summed E-state index contributed by atoms with van der Waals surface area (Å²) in [6, 6.07) is 9.70. The summed E-state index contributed by atoms with van der Waals surface area (Å²) >= 11 is 0. The molecule has 1 aromatic carbocycles. The lowest BCUT2D eigenvalue weighted by atomic mass is 10.0. The van der Waals surface area contributed by atoms with Gasteiger partial charge in [0.05, 0.1) is 33.4 Å². The van der Waals surface area contributed by atoms with Crippen LogP contribution in [-0.2, 0) is 6.18 Å². The molecular weight excluding hydrogens is 507 g/mol. The van der Waals surface area contributed by atoms with Crippen LogP contribution in [0.2, 0.25) is 0 Å². The van der Waals surface area contributed by atoms with Gasteiger partial charge in [-0.1, -0.05) is 6.07 Å². The first-order valence-corrected chi connectivity index (χ1v) is 11.2. The van der Waals surface area contributed by atoms with Crippen LogP contribution in [0.15, 0.2) is 65.8 Å². The zero-order valence-corrected chi connectivity index (χ0v) is 19.8. The Hall–Kier alpha value is -4.67. The molecule has 38 heavy (non-hydrogen) atoms. The van der Waals surface area contributed by atoms with E-state index < -0.39 is 28.8 Å². The molecule has 0 amide bonds. The number of halogens is 5. The van der Waals surface area contributed by atoms with Gasteiger partial charge in [-0.3, -0.25) is 14.8 Å². The van der Waals surface area contributed by atoms with E-state index in [0.717, 1.165) is 18.2 Å². The highest BCUT2D eigenvalue weighted by Gasteiger charge is 2.35. The number of alkyl halides is 3. The predicted octanol–water partition coefficient (Wildman–Crippen LogP) is 6.75. The summed E-state index contributed by atoms with van der Waals surface area (Å²) in [6.45, 7) is 2.47. The Bertz CT molecular complexity index is 1750. The van der Waals surface area contributed by atoms with Crippen molar-refractivity contribution >= 4 is 10.9 Å². The van der Waals surface area contributed by atoms with E-state index in [1.54, 1.807) is 24.4 Å². The second kappa shape index (κ2) is 9.33. The maximum absolute atomic E-state index is 14.1. The molecule has 0 fully saturated rings. The second-order valence-corrected chi connectivity index (χ2v) is 8.41. The number of benzene rings is 1. The highest BCUT2D eigenvalue weighted by molar-refractivity contribution is 5.92. The molecule has 1 N–H and O–H groups in total. The van der Waals surface area contributed by atoms with E-state index in [1.165, 1.54) is 26.1 Å². The Morgan fingerprint density at radius 3 is 2.42 bits per heavy atom. The summed E-state index contributed by atoms with van der Waals surface area (Å²) in [5, 5.41) is 0.187. The first kappa shape index (κ1) is 25.0. The zero-order valence-electron chi connectivity index (χ0n) is 19.8. The summed E-state index contributed by atoms with van der Waals surface area (Å²) in [4.78, 5) is 28.6. The molecule has 0 aliphatic rings. The molecule has 0 saturated carbocycles. The van der Waals surface area contributed by atoms with Gasteiger partial charge < -0.3 is 9.72 Å². The standard InChI is InChI=1S/C27H17F5N4O2/c1-13-15(27(30,31)32)12-35-26(38-21-7-6-16(28)24(29)14(21)2)22(13)19-11-20(37)23-17(36-19)8-10-34-25(23)18-5-3-4-9-33-18/h3-12H,1-2H3,(H,36,37). The van der Waals surface area contributed by atoms with Gasteiger partial charge in [-0.05, 0) is 49.7 Å². The fourth-order valence-corrected chi connectivity index (χ4v) is 4.14. The lowest BCUT2D eigenvalue weighted by Gasteiger charge is -2.18. The number of pyridine rings is 4. The Labute approximate surface area is 211 Å². The Morgan fingerprint density at radius 2 is 1.71 bits per heavy atom. The van der Waals surface area contributed by atoms with E-state index in [0.29, 0.717) is 17.6 Å². The lowest BCUT2D eigenvalue weighted by Crippen LogP contribution is -2.12. The number of H-pyrrole nitrogens is 1. The van der Waals surface area contributed by atoms with Crippen molar-refractivity contribution in [1.29, 1.82) is 0 Å². The maximum atomic E-state index is 14.1. The first-order chi connectivity index (χ1) is 18.1. The third-order valence-electron chi connectivity index (χ3n) is 6.02. The van der Waals surface area contributed by atoms with Gasteiger partial charge in [-0.25, -0.2) is 13.8 Å². The van der Waals surface area contributed by atoms with Gasteiger partial charge in [0.1, 0.15) is 11.4 Å². The van der Waals surface area contributed by atoms with Gasteiger partial charge in [0, 0.05) is 30.2 Å². The lowest BCUT2D eigenvalue weighted by molar-refractivity contribution is -0.138. The summed E-state index contributed by atoms with van der Waals surface area (Å²) in [6.07, 6.45) is -1.19. The molecule has 0 bridgehead atoms. The Kier molecular flexibility index (Phi) is 6.14. The number of rotatable bonds is 4. The molecule has 0 aliphatic carbocycles. The van der Waals surface area contributed by atoms with Crippen molar-refractivity contribution in [3.8, 4) is 34.3 Å². The Balaban J connectivity index is 1.75. The number of nitrogens with one attached hydrogen (secondary N) is 1. The fraction of sp³-hybridized carbons (Fsp3) is 0.111. The van der Waals surface area contributed by atoms with Crippen molar-refractivity contribution in [2.24, 2.45) is 0 Å². The third-order valence-corrected chi connectivity index (χ3v) is 6.02. The number of fused-ring (bicyclic) bond motifs is 1. The minimum absolute atomic E-state index is 0.0213. The maximum Gasteiger partial charge on any atom is 0.418 e. The molecular formula is C27H17F5N4O2. The highest BCUT2D eigenvalue weighted by atomic mass is 19.4. The molecule has 0 spiro atoms. The number of hydrogen-bond donors (Lipinski definition) is 1. The number of hydrogen-bond acceptors (Lipinski definition) is 5. The van der Waals surface area contributed by atoms with Crippen LogP contribution in [0.5, 0.6) is 11.6 Å². The average molecular weight is 524 g/mol. The SMILES string of the molecule is Cc1c(Oc2ncc(C(F)(F)F)c(C)c2-c2cc(=O)c3c(-c4ccccn4)nccc3[nH]2)ccc(F)c1F. The fourth-order valence-electron chi connectivity index (χ4n) is 4.14. The Morgan fingerprint density at radius 1 is 0.921 bits per heavy atom. The van der Waals surface area contributed by atoms with Gasteiger partial charge in [0.25, 0.3) is 0 Å². The van der Waals surface area contributed by atoms with Crippen molar-refractivity contribution in [2.75, 3.05) is 0 Å². The predicted molar refractivity (Wildman–Crippen MR) is 130 cm³/mol. The van der Waals surface area contributed by atoms with Crippen LogP contribution in [0.4, 0.5) is 22.0 Å². The molecule has 192 valence electrons. The number of aromatic nitrogens is 4. The molecule has 0 radical (unpaired) electrons. The van der Waals surface area contributed by atoms with Crippen LogP contribution < -0.4 is 10.2 Å². The van der Waals surface area contributed by atoms with E-state index in [1.807, 2.05) is 0 Å². The largest absolute Gasteiger partial charge is 0.438 e. The molecule has 0 saturated heterocycles. The average Bonchev–Trinajstić information content (AvgIpc) is 2.88. The van der Waals surface area contributed by atoms with Crippen molar-refractivity contribution < 1.29 is 26.7 Å². The first-order valence-electron chi connectivity index (χ1n) is 11.2. The molecule has 0 aliphatic heterocycles. The molecule has 5 aromatic rings. The normalized spacial score (nSPS) is 11.7. The smallest absolute Gasteiger partial charge is 0.418 e. The van der Waals surface area contributed by atoms with E-state index in [-0.39, 0.29) is 44.9 Å². The van der Waals surface area contributed by atoms with Crippen LogP contribution >= 0.6 is 0 Å². The van der Waals surface area contributed by atoms with E-state index in [4.69, 9.17) is 4.74 Å². The quantitative estimate of drug-likeness (QED) is 0.263. The van der Waals surface area contributed by atoms with Crippen molar-refractivity contribution in [3.63, 3.8) is 0 Å². The van der Waals surface area contributed by atoms with Gasteiger partial charge in [-0.2, -0.15) is 13.2 Å². The zero-order chi connectivity index (χ0) is 27.2. The third kappa shape index (κ3) is 4.36. The summed E-state index contributed by atoms with van der Waals surface area (Å²) in [5.41, 5.74) is -1.23. The van der Waals surface area contributed by atoms with Crippen molar-refractivity contribution in [1.82, 2.24) is 19.9 Å². The summed E-state index contributed by atoms with van der Waals surface area (Å²) in [5.74, 6) is -2.76. The van der Waals surface area contributed by atoms with E-state index >= 15 is 0 Å². The molecule has 0 atom stereocenters. The molecule has 0 unspecified atom stereocenters. The van der Waals surface area contributed by atoms with Gasteiger partial charge in [0.2, 0.25) is 5.88 Å². The van der Waals surface area contributed by atoms with Crippen molar-refractivity contribution in [2.45, 2.75) is 20.0 Å². The minimum Gasteiger partial charge on any atom is -0.438 e.